The van der Waals surface area contributed by atoms with Crippen LogP contribution in [0.4, 0.5) is 0 Å². The molecule has 2 rings (SSSR count). The highest BCUT2D eigenvalue weighted by molar-refractivity contribution is 7.89. The smallest absolute Gasteiger partial charge is 0.244 e. The van der Waals surface area contributed by atoms with Crippen LogP contribution in [0.15, 0.2) is 23.1 Å². The Balaban J connectivity index is 2.42. The predicted octanol–water partition coefficient (Wildman–Crippen LogP) is 1.72. The molecule has 0 radical (unpaired) electrons. The fourth-order valence-electron chi connectivity index (χ4n) is 1.79. The summed E-state index contributed by atoms with van der Waals surface area (Å²) in [5, 5.41) is 0.297. The maximum Gasteiger partial charge on any atom is 0.244 e. The third-order valence-electron chi connectivity index (χ3n) is 2.72. The third kappa shape index (κ3) is 2.44. The fourth-order valence-corrected chi connectivity index (χ4v) is 4.04. The van der Waals surface area contributed by atoms with Gasteiger partial charge in [0.15, 0.2) is 0 Å². The first-order valence-corrected chi connectivity index (χ1v) is 7.32. The minimum absolute atomic E-state index is 0.0424. The minimum atomic E-state index is -3.59. The van der Waals surface area contributed by atoms with Gasteiger partial charge in [-0.1, -0.05) is 29.3 Å². The summed E-state index contributed by atoms with van der Waals surface area (Å²) < 4.78 is 25.9. The van der Waals surface area contributed by atoms with Crippen molar-refractivity contribution >= 4 is 33.2 Å². The molecule has 0 saturated carbocycles. The largest absolute Gasteiger partial charge is 0.326 e. The zero-order chi connectivity index (χ0) is 12.6. The Morgan fingerprint density at radius 3 is 2.65 bits per heavy atom. The zero-order valence-corrected chi connectivity index (χ0v) is 11.3. The number of sulfonamides is 1. The lowest BCUT2D eigenvalue weighted by molar-refractivity contribution is 0.472. The molecular formula is C10H12Cl2N2O2S. The van der Waals surface area contributed by atoms with Crippen LogP contribution < -0.4 is 5.73 Å². The molecule has 2 N–H and O–H groups in total. The third-order valence-corrected chi connectivity index (χ3v) is 5.56. The van der Waals surface area contributed by atoms with E-state index in [9.17, 15) is 8.42 Å². The SMILES string of the molecule is N[C@H]1CCN(S(=O)(=O)c2cccc(Cl)c2Cl)C1. The standard InChI is InChI=1S/C10H12Cl2N2O2S/c11-8-2-1-3-9(10(8)12)17(15,16)14-5-4-7(13)6-14/h1-3,7H,4-6,13H2/t7-/m0/s1. The van der Waals surface area contributed by atoms with Crippen molar-refractivity contribution in [3.05, 3.63) is 28.2 Å². The molecule has 1 aromatic rings. The Bertz CT molecular complexity index is 533. The average Bonchev–Trinajstić information content (AvgIpc) is 2.69. The van der Waals surface area contributed by atoms with Gasteiger partial charge in [0, 0.05) is 19.1 Å². The molecule has 4 nitrogen and oxygen atoms in total. The van der Waals surface area contributed by atoms with Crippen LogP contribution in [0.3, 0.4) is 0 Å². The summed E-state index contributed by atoms with van der Waals surface area (Å²) in [6.45, 7) is 0.748. The summed E-state index contributed by atoms with van der Waals surface area (Å²) in [7, 11) is -3.59. The van der Waals surface area contributed by atoms with Gasteiger partial charge in [-0.2, -0.15) is 4.31 Å². The molecule has 7 heteroatoms. The second-order valence-corrected chi connectivity index (χ2v) is 6.66. The molecule has 0 unspecified atom stereocenters. The highest BCUT2D eigenvalue weighted by atomic mass is 35.5. The van der Waals surface area contributed by atoms with Crippen molar-refractivity contribution < 1.29 is 8.42 Å². The number of hydrogen-bond acceptors (Lipinski definition) is 3. The Morgan fingerprint density at radius 2 is 2.06 bits per heavy atom. The van der Waals surface area contributed by atoms with Gasteiger partial charge in [0.1, 0.15) is 4.90 Å². The van der Waals surface area contributed by atoms with Crippen LogP contribution in [-0.4, -0.2) is 31.9 Å². The lowest BCUT2D eigenvalue weighted by Gasteiger charge is -2.17. The highest BCUT2D eigenvalue weighted by Gasteiger charge is 2.32. The summed E-state index contributed by atoms with van der Waals surface area (Å²) in [4.78, 5) is 0.0424. The van der Waals surface area contributed by atoms with Crippen LogP contribution in [0, 0.1) is 0 Å². The van der Waals surface area contributed by atoms with E-state index in [4.69, 9.17) is 28.9 Å². The van der Waals surface area contributed by atoms with Gasteiger partial charge in [0.25, 0.3) is 0 Å². The Labute approximate surface area is 110 Å². The second kappa shape index (κ2) is 4.74. The van der Waals surface area contributed by atoms with Crippen molar-refractivity contribution in [2.24, 2.45) is 5.73 Å². The molecule has 0 aromatic heterocycles. The van der Waals surface area contributed by atoms with Crippen molar-refractivity contribution in [2.45, 2.75) is 17.4 Å². The molecule has 0 spiro atoms. The van der Waals surface area contributed by atoms with E-state index in [1.807, 2.05) is 0 Å². The molecule has 94 valence electrons. The van der Waals surface area contributed by atoms with E-state index in [-0.39, 0.29) is 21.0 Å². The first-order valence-electron chi connectivity index (χ1n) is 5.12. The number of halogens is 2. The molecule has 0 aliphatic carbocycles. The number of nitrogens with zero attached hydrogens (tertiary/aromatic N) is 1. The maximum atomic E-state index is 12.3. The average molecular weight is 295 g/mol. The Kier molecular flexibility index (Phi) is 3.66. The van der Waals surface area contributed by atoms with E-state index in [0.717, 1.165) is 0 Å². The molecule has 1 heterocycles. The molecule has 1 aromatic carbocycles. The van der Waals surface area contributed by atoms with Crippen LogP contribution in [-0.2, 0) is 10.0 Å². The van der Waals surface area contributed by atoms with Gasteiger partial charge < -0.3 is 5.73 Å². The van der Waals surface area contributed by atoms with Crippen molar-refractivity contribution in [1.29, 1.82) is 0 Å². The molecule has 0 bridgehead atoms. The van der Waals surface area contributed by atoms with E-state index in [1.54, 1.807) is 12.1 Å². The molecular weight excluding hydrogens is 283 g/mol. The van der Waals surface area contributed by atoms with Crippen LogP contribution in [0.1, 0.15) is 6.42 Å². The number of benzene rings is 1. The van der Waals surface area contributed by atoms with Gasteiger partial charge in [-0.15, -0.1) is 0 Å². The van der Waals surface area contributed by atoms with Crippen molar-refractivity contribution in [1.82, 2.24) is 4.31 Å². The molecule has 0 amide bonds. The van der Waals surface area contributed by atoms with E-state index in [1.165, 1.54) is 10.4 Å². The van der Waals surface area contributed by atoms with Crippen molar-refractivity contribution in [3.63, 3.8) is 0 Å². The molecule has 1 aliphatic heterocycles. The topological polar surface area (TPSA) is 63.4 Å². The zero-order valence-electron chi connectivity index (χ0n) is 8.94. The minimum Gasteiger partial charge on any atom is -0.326 e. The van der Waals surface area contributed by atoms with Gasteiger partial charge >= 0.3 is 0 Å². The second-order valence-electron chi connectivity index (χ2n) is 3.96. The monoisotopic (exact) mass is 294 g/mol. The normalized spacial score (nSPS) is 21.9. The summed E-state index contributed by atoms with van der Waals surface area (Å²) >= 11 is 11.7. The van der Waals surface area contributed by atoms with Crippen LogP contribution in [0.5, 0.6) is 0 Å². The van der Waals surface area contributed by atoms with E-state index in [2.05, 4.69) is 0 Å². The summed E-state index contributed by atoms with van der Waals surface area (Å²) in [5.41, 5.74) is 5.70. The van der Waals surface area contributed by atoms with Gasteiger partial charge in [0.05, 0.1) is 10.0 Å². The first kappa shape index (κ1) is 13.1. The van der Waals surface area contributed by atoms with Crippen LogP contribution in [0.2, 0.25) is 10.0 Å². The predicted molar refractivity (Wildman–Crippen MR) is 67.8 cm³/mol. The number of nitrogens with two attached hydrogens (primary N) is 1. The first-order chi connectivity index (χ1) is 7.93. The Hall–Kier alpha value is -0.330. The molecule has 1 aliphatic rings. The van der Waals surface area contributed by atoms with E-state index < -0.39 is 10.0 Å². The number of hydrogen-bond donors (Lipinski definition) is 1. The van der Waals surface area contributed by atoms with Crippen LogP contribution in [0.25, 0.3) is 0 Å². The molecule has 17 heavy (non-hydrogen) atoms. The van der Waals surface area contributed by atoms with E-state index >= 15 is 0 Å². The van der Waals surface area contributed by atoms with Gasteiger partial charge in [0.2, 0.25) is 10.0 Å². The van der Waals surface area contributed by atoms with Gasteiger partial charge in [-0.05, 0) is 18.6 Å². The van der Waals surface area contributed by atoms with Crippen LogP contribution >= 0.6 is 23.2 Å². The number of rotatable bonds is 2. The lowest BCUT2D eigenvalue weighted by Crippen LogP contribution is -2.32. The quantitative estimate of drug-likeness (QED) is 0.903. The van der Waals surface area contributed by atoms with Crippen molar-refractivity contribution in [3.8, 4) is 0 Å². The fraction of sp³-hybridized carbons (Fsp3) is 0.400. The summed E-state index contributed by atoms with van der Waals surface area (Å²) in [6.07, 6.45) is 0.664. The summed E-state index contributed by atoms with van der Waals surface area (Å²) in [6, 6.07) is 4.46. The highest BCUT2D eigenvalue weighted by Crippen LogP contribution is 2.31. The lowest BCUT2D eigenvalue weighted by atomic mass is 10.3. The van der Waals surface area contributed by atoms with Gasteiger partial charge in [-0.25, -0.2) is 8.42 Å². The molecule has 1 saturated heterocycles. The maximum absolute atomic E-state index is 12.3. The molecule has 1 atom stereocenters. The Morgan fingerprint density at radius 1 is 1.35 bits per heavy atom. The van der Waals surface area contributed by atoms with Gasteiger partial charge in [-0.3, -0.25) is 0 Å². The molecule has 1 fully saturated rings. The van der Waals surface area contributed by atoms with Crippen molar-refractivity contribution in [2.75, 3.05) is 13.1 Å². The summed E-state index contributed by atoms with van der Waals surface area (Å²) in [5.74, 6) is 0. The van der Waals surface area contributed by atoms with E-state index in [0.29, 0.717) is 19.5 Å².